The summed E-state index contributed by atoms with van der Waals surface area (Å²) in [6.45, 7) is 0. The molecule has 1 aromatic heterocycles. The molecule has 3 heteroatoms. The van der Waals surface area contributed by atoms with Gasteiger partial charge in [-0.05, 0) is 24.0 Å². The zero-order valence-corrected chi connectivity index (χ0v) is 10.3. The van der Waals surface area contributed by atoms with Crippen molar-refractivity contribution in [2.24, 2.45) is 5.92 Å². The van der Waals surface area contributed by atoms with E-state index in [0.29, 0.717) is 5.69 Å². The first kappa shape index (κ1) is 12.1. The van der Waals surface area contributed by atoms with E-state index in [4.69, 9.17) is 0 Å². The van der Waals surface area contributed by atoms with Crippen LogP contribution in [0.1, 0.15) is 48.2 Å². The molecule has 1 heterocycles. The molecule has 17 heavy (non-hydrogen) atoms. The number of carbonyl (C=O) groups excluding carboxylic acids is 1. The predicted octanol–water partition coefficient (Wildman–Crippen LogP) is 2.99. The van der Waals surface area contributed by atoms with Crippen LogP contribution in [-0.2, 0) is 11.2 Å². The van der Waals surface area contributed by atoms with E-state index in [1.54, 1.807) is 12.3 Å². The number of hydrogen-bond acceptors (Lipinski definition) is 3. The standard InChI is InChI=1S/C14H19NO2/c1-17-14(16)13-8-7-12(10-15-13)9-11-5-3-2-4-6-11/h7-8,10-11H,2-6,9H2,1H3. The van der Waals surface area contributed by atoms with Gasteiger partial charge in [0.2, 0.25) is 0 Å². The third kappa shape index (κ3) is 3.29. The SMILES string of the molecule is COC(=O)c1ccc(CC2CCCCC2)cn1. The summed E-state index contributed by atoms with van der Waals surface area (Å²) in [4.78, 5) is 15.4. The molecule has 1 saturated carbocycles. The molecule has 0 unspecified atom stereocenters. The van der Waals surface area contributed by atoms with Crippen molar-refractivity contribution in [1.29, 1.82) is 0 Å². The second-order valence-corrected chi connectivity index (χ2v) is 4.75. The number of aromatic nitrogens is 1. The zero-order valence-electron chi connectivity index (χ0n) is 10.3. The molecule has 0 saturated heterocycles. The van der Waals surface area contributed by atoms with Crippen molar-refractivity contribution in [3.05, 3.63) is 29.6 Å². The first-order valence-corrected chi connectivity index (χ1v) is 6.33. The van der Waals surface area contributed by atoms with Crippen molar-refractivity contribution in [2.45, 2.75) is 38.5 Å². The van der Waals surface area contributed by atoms with Crippen LogP contribution in [0.15, 0.2) is 18.3 Å². The number of methoxy groups -OCH3 is 1. The highest BCUT2D eigenvalue weighted by Gasteiger charge is 2.14. The first-order chi connectivity index (χ1) is 8.29. The van der Waals surface area contributed by atoms with E-state index in [2.05, 4.69) is 9.72 Å². The Morgan fingerprint density at radius 1 is 1.35 bits per heavy atom. The van der Waals surface area contributed by atoms with E-state index in [0.717, 1.165) is 12.3 Å². The van der Waals surface area contributed by atoms with Crippen LogP contribution in [0.5, 0.6) is 0 Å². The normalized spacial score (nSPS) is 16.8. The van der Waals surface area contributed by atoms with Gasteiger partial charge in [-0.25, -0.2) is 9.78 Å². The van der Waals surface area contributed by atoms with Gasteiger partial charge in [-0.15, -0.1) is 0 Å². The number of hydrogen-bond donors (Lipinski definition) is 0. The fraction of sp³-hybridized carbons (Fsp3) is 0.571. The van der Waals surface area contributed by atoms with E-state index in [9.17, 15) is 4.79 Å². The van der Waals surface area contributed by atoms with Crippen molar-refractivity contribution in [3.8, 4) is 0 Å². The molecule has 92 valence electrons. The molecule has 0 aliphatic heterocycles. The molecule has 0 spiro atoms. The zero-order chi connectivity index (χ0) is 12.1. The second-order valence-electron chi connectivity index (χ2n) is 4.75. The van der Waals surface area contributed by atoms with E-state index in [1.165, 1.54) is 44.8 Å². The highest BCUT2D eigenvalue weighted by atomic mass is 16.5. The minimum Gasteiger partial charge on any atom is -0.464 e. The molecule has 0 amide bonds. The summed E-state index contributed by atoms with van der Waals surface area (Å²) in [6.07, 6.45) is 9.67. The van der Waals surface area contributed by atoms with Crippen LogP contribution < -0.4 is 0 Å². The minimum absolute atomic E-state index is 0.366. The van der Waals surface area contributed by atoms with Gasteiger partial charge in [0.15, 0.2) is 0 Å². The molecule has 3 nitrogen and oxygen atoms in total. The van der Waals surface area contributed by atoms with E-state index < -0.39 is 0 Å². The maximum absolute atomic E-state index is 11.2. The van der Waals surface area contributed by atoms with Gasteiger partial charge in [0.25, 0.3) is 0 Å². The summed E-state index contributed by atoms with van der Waals surface area (Å²) in [5.74, 6) is 0.434. The summed E-state index contributed by atoms with van der Waals surface area (Å²) >= 11 is 0. The van der Waals surface area contributed by atoms with Gasteiger partial charge < -0.3 is 4.74 Å². The number of esters is 1. The van der Waals surface area contributed by atoms with Gasteiger partial charge in [0, 0.05) is 6.20 Å². The first-order valence-electron chi connectivity index (χ1n) is 6.33. The molecule has 1 aliphatic rings. The lowest BCUT2D eigenvalue weighted by molar-refractivity contribution is 0.0594. The topological polar surface area (TPSA) is 39.2 Å². The van der Waals surface area contributed by atoms with Crippen LogP contribution in [-0.4, -0.2) is 18.1 Å². The molecule has 1 fully saturated rings. The smallest absolute Gasteiger partial charge is 0.356 e. The van der Waals surface area contributed by atoms with Gasteiger partial charge in [-0.1, -0.05) is 38.2 Å². The van der Waals surface area contributed by atoms with Gasteiger partial charge in [0.05, 0.1) is 7.11 Å². The highest BCUT2D eigenvalue weighted by Crippen LogP contribution is 2.26. The van der Waals surface area contributed by atoms with Gasteiger partial charge in [-0.3, -0.25) is 0 Å². The Morgan fingerprint density at radius 2 is 2.12 bits per heavy atom. The average Bonchev–Trinajstić information content (AvgIpc) is 2.40. The summed E-state index contributed by atoms with van der Waals surface area (Å²) in [5.41, 5.74) is 1.62. The van der Waals surface area contributed by atoms with Crippen LogP contribution in [0.25, 0.3) is 0 Å². The number of pyridine rings is 1. The molecule has 1 aromatic rings. The number of rotatable bonds is 3. The van der Waals surface area contributed by atoms with Crippen LogP contribution in [0.3, 0.4) is 0 Å². The Balaban J connectivity index is 1.95. The molecular weight excluding hydrogens is 214 g/mol. The Bertz CT molecular complexity index is 366. The summed E-state index contributed by atoms with van der Waals surface area (Å²) in [5, 5.41) is 0. The van der Waals surface area contributed by atoms with Crippen molar-refractivity contribution in [2.75, 3.05) is 7.11 Å². The monoisotopic (exact) mass is 233 g/mol. The maximum Gasteiger partial charge on any atom is 0.356 e. The average molecular weight is 233 g/mol. The fourth-order valence-electron chi connectivity index (χ4n) is 2.50. The lowest BCUT2D eigenvalue weighted by atomic mass is 9.85. The Labute approximate surface area is 102 Å². The molecule has 0 N–H and O–H groups in total. The minimum atomic E-state index is -0.366. The van der Waals surface area contributed by atoms with E-state index in [-0.39, 0.29) is 5.97 Å². The number of ether oxygens (including phenoxy) is 1. The lowest BCUT2D eigenvalue weighted by Crippen LogP contribution is -2.10. The fourth-order valence-corrected chi connectivity index (χ4v) is 2.50. The van der Waals surface area contributed by atoms with Crippen molar-refractivity contribution in [1.82, 2.24) is 4.98 Å². The van der Waals surface area contributed by atoms with Gasteiger partial charge >= 0.3 is 5.97 Å². The Hall–Kier alpha value is -1.38. The number of carbonyl (C=O) groups is 1. The Kier molecular flexibility index (Phi) is 4.13. The summed E-state index contributed by atoms with van der Waals surface area (Å²) in [6, 6.07) is 3.75. The van der Waals surface area contributed by atoms with Crippen molar-refractivity contribution in [3.63, 3.8) is 0 Å². The maximum atomic E-state index is 11.2. The van der Waals surface area contributed by atoms with Gasteiger partial charge in [0.1, 0.15) is 5.69 Å². The van der Waals surface area contributed by atoms with Crippen LogP contribution in [0.2, 0.25) is 0 Å². The molecule has 1 aliphatic carbocycles. The molecule has 0 aromatic carbocycles. The largest absolute Gasteiger partial charge is 0.464 e. The van der Waals surface area contributed by atoms with Crippen LogP contribution >= 0.6 is 0 Å². The molecule has 0 atom stereocenters. The molecule has 0 bridgehead atoms. The Morgan fingerprint density at radius 3 is 2.71 bits per heavy atom. The molecular formula is C14H19NO2. The van der Waals surface area contributed by atoms with Crippen LogP contribution in [0.4, 0.5) is 0 Å². The van der Waals surface area contributed by atoms with Crippen LogP contribution in [0, 0.1) is 5.92 Å². The predicted molar refractivity (Wildman–Crippen MR) is 65.9 cm³/mol. The lowest BCUT2D eigenvalue weighted by Gasteiger charge is -2.21. The molecule has 0 radical (unpaired) electrons. The van der Waals surface area contributed by atoms with Crippen molar-refractivity contribution >= 4 is 5.97 Å². The molecule has 2 rings (SSSR count). The van der Waals surface area contributed by atoms with Crippen molar-refractivity contribution < 1.29 is 9.53 Å². The highest BCUT2D eigenvalue weighted by molar-refractivity contribution is 5.86. The van der Waals surface area contributed by atoms with Gasteiger partial charge in [-0.2, -0.15) is 0 Å². The third-order valence-corrected chi connectivity index (χ3v) is 3.47. The summed E-state index contributed by atoms with van der Waals surface area (Å²) in [7, 11) is 1.37. The quantitative estimate of drug-likeness (QED) is 0.753. The second kappa shape index (κ2) is 5.80. The summed E-state index contributed by atoms with van der Waals surface area (Å²) < 4.78 is 4.62. The van der Waals surface area contributed by atoms with E-state index >= 15 is 0 Å². The van der Waals surface area contributed by atoms with E-state index in [1.807, 2.05) is 6.07 Å². The third-order valence-electron chi connectivity index (χ3n) is 3.47. The number of nitrogens with zero attached hydrogens (tertiary/aromatic N) is 1.